The molecule has 2 heterocycles. The number of methoxy groups -OCH3 is 1. The number of alkyl halides is 1. The van der Waals surface area contributed by atoms with E-state index in [1.54, 1.807) is 25.3 Å². The Morgan fingerprint density at radius 3 is 2.84 bits per heavy atom. The molecule has 2 aliphatic heterocycles. The predicted molar refractivity (Wildman–Crippen MR) is 119 cm³/mol. The van der Waals surface area contributed by atoms with Crippen molar-refractivity contribution in [3.63, 3.8) is 0 Å². The van der Waals surface area contributed by atoms with Gasteiger partial charge in [0.25, 0.3) is 0 Å². The van der Waals surface area contributed by atoms with Crippen LogP contribution in [0.5, 0.6) is 11.5 Å². The van der Waals surface area contributed by atoms with Crippen molar-refractivity contribution in [3.8, 4) is 11.5 Å². The molecular formula is C24H31FN2O4. The van der Waals surface area contributed by atoms with Crippen LogP contribution in [0.4, 0.5) is 4.39 Å². The highest BCUT2D eigenvalue weighted by molar-refractivity contribution is 5.96. The van der Waals surface area contributed by atoms with Gasteiger partial charge in [0.15, 0.2) is 17.3 Å². The molecule has 2 aliphatic rings. The summed E-state index contributed by atoms with van der Waals surface area (Å²) in [5.41, 5.74) is 1.50. The maximum Gasteiger partial charge on any atom is 0.161 e. The molecule has 1 atom stereocenters. The van der Waals surface area contributed by atoms with Crippen LogP contribution in [0.15, 0.2) is 47.8 Å². The molecule has 168 valence electrons. The minimum atomic E-state index is -1.03. The number of allylic oxidation sites excluding steroid dienone is 3. The number of hydrogen-bond donors (Lipinski definition) is 0. The van der Waals surface area contributed by atoms with Crippen molar-refractivity contribution in [3.05, 3.63) is 48.3 Å². The van der Waals surface area contributed by atoms with Gasteiger partial charge in [-0.2, -0.15) is 0 Å². The molecule has 6 nitrogen and oxygen atoms in total. The first-order valence-electron chi connectivity index (χ1n) is 10.8. The Kier molecular flexibility index (Phi) is 8.64. The van der Waals surface area contributed by atoms with Gasteiger partial charge in [-0.25, -0.2) is 4.39 Å². The standard InChI is InChI=1S/C24H31FN2O4/c1-18(28)20-7-8-23(24(17-20)29-2)30-15-4-12-27-13-9-19(10-14-27)22-6-3-5-21(25)11-16-31-26-22/h3,6-8,11,16-17,19,21H,4-5,9-10,12-15H2,1-2H3/b6-3+,16-11+,26-22+. The minimum Gasteiger partial charge on any atom is -0.493 e. The first kappa shape index (κ1) is 23.0. The molecule has 7 heteroatoms. The zero-order valence-corrected chi connectivity index (χ0v) is 18.3. The van der Waals surface area contributed by atoms with Gasteiger partial charge >= 0.3 is 0 Å². The Morgan fingerprint density at radius 2 is 2.10 bits per heavy atom. The minimum absolute atomic E-state index is 0.000646. The highest BCUT2D eigenvalue weighted by atomic mass is 19.1. The highest BCUT2D eigenvalue weighted by Crippen LogP contribution is 2.28. The van der Waals surface area contributed by atoms with E-state index >= 15 is 0 Å². The number of benzene rings is 1. The third-order valence-electron chi connectivity index (χ3n) is 5.61. The summed E-state index contributed by atoms with van der Waals surface area (Å²) in [5.74, 6) is 1.56. The summed E-state index contributed by atoms with van der Waals surface area (Å²) in [4.78, 5) is 19.1. The lowest BCUT2D eigenvalue weighted by atomic mass is 9.91. The Bertz CT molecular complexity index is 829. The second-order valence-electron chi connectivity index (χ2n) is 7.84. The zero-order valence-electron chi connectivity index (χ0n) is 18.3. The van der Waals surface area contributed by atoms with E-state index in [9.17, 15) is 9.18 Å². The van der Waals surface area contributed by atoms with Crippen LogP contribution < -0.4 is 9.47 Å². The third-order valence-corrected chi connectivity index (χ3v) is 5.61. The molecule has 1 saturated heterocycles. The van der Waals surface area contributed by atoms with Crippen molar-refractivity contribution >= 4 is 11.5 Å². The zero-order chi connectivity index (χ0) is 22.1. The van der Waals surface area contributed by atoms with E-state index in [2.05, 4.69) is 10.1 Å². The van der Waals surface area contributed by atoms with Crippen LogP contribution in [0.1, 0.15) is 43.0 Å². The quantitative estimate of drug-likeness (QED) is 0.447. The number of carbonyl (C=O) groups is 1. The van der Waals surface area contributed by atoms with Crippen LogP contribution in [0, 0.1) is 5.92 Å². The van der Waals surface area contributed by atoms with E-state index in [4.69, 9.17) is 14.3 Å². The summed E-state index contributed by atoms with van der Waals surface area (Å²) in [6, 6.07) is 5.26. The largest absolute Gasteiger partial charge is 0.493 e. The number of likely N-dealkylation sites (tertiary alicyclic amines) is 1. The molecule has 0 radical (unpaired) electrons. The van der Waals surface area contributed by atoms with Crippen LogP contribution in [0.3, 0.4) is 0 Å². The molecule has 1 fully saturated rings. The first-order chi connectivity index (χ1) is 15.1. The summed E-state index contributed by atoms with van der Waals surface area (Å²) in [6.45, 7) is 5.02. The lowest BCUT2D eigenvalue weighted by Crippen LogP contribution is -2.37. The van der Waals surface area contributed by atoms with Gasteiger partial charge in [0, 0.05) is 24.4 Å². The molecule has 3 rings (SSSR count). The molecule has 0 spiro atoms. The number of carbonyl (C=O) groups excluding carboxylic acids is 1. The third kappa shape index (κ3) is 6.92. The number of Topliss-reactive ketones (excluding diaryl/α,β-unsaturated/α-hetero) is 1. The molecule has 31 heavy (non-hydrogen) atoms. The van der Waals surface area contributed by atoms with Crippen LogP contribution >= 0.6 is 0 Å². The maximum absolute atomic E-state index is 13.5. The number of piperidine rings is 1. The smallest absolute Gasteiger partial charge is 0.161 e. The fourth-order valence-electron chi connectivity index (χ4n) is 3.78. The predicted octanol–water partition coefficient (Wildman–Crippen LogP) is 4.56. The van der Waals surface area contributed by atoms with Gasteiger partial charge < -0.3 is 19.2 Å². The van der Waals surface area contributed by atoms with Gasteiger partial charge in [-0.3, -0.25) is 4.79 Å². The topological polar surface area (TPSA) is 60.4 Å². The summed E-state index contributed by atoms with van der Waals surface area (Å²) >= 11 is 0. The summed E-state index contributed by atoms with van der Waals surface area (Å²) in [7, 11) is 1.57. The average molecular weight is 431 g/mol. The van der Waals surface area contributed by atoms with Crippen LogP contribution in [-0.4, -0.2) is 55.9 Å². The molecule has 0 amide bonds. The van der Waals surface area contributed by atoms with Crippen molar-refractivity contribution in [2.75, 3.05) is 33.4 Å². The van der Waals surface area contributed by atoms with Crippen LogP contribution in [0.2, 0.25) is 0 Å². The Morgan fingerprint density at radius 1 is 1.29 bits per heavy atom. The van der Waals surface area contributed by atoms with Gasteiger partial charge in [0.2, 0.25) is 0 Å². The summed E-state index contributed by atoms with van der Waals surface area (Å²) in [5, 5.41) is 4.17. The molecular weight excluding hydrogens is 399 g/mol. The van der Waals surface area contributed by atoms with Gasteiger partial charge in [-0.15, -0.1) is 0 Å². The number of ether oxygens (including phenoxy) is 2. The van der Waals surface area contributed by atoms with Gasteiger partial charge in [-0.1, -0.05) is 11.2 Å². The Balaban J connectivity index is 1.41. The highest BCUT2D eigenvalue weighted by Gasteiger charge is 2.23. The van der Waals surface area contributed by atoms with Crippen LogP contribution in [-0.2, 0) is 4.84 Å². The molecule has 1 unspecified atom stereocenters. The van der Waals surface area contributed by atoms with E-state index in [0.29, 0.717) is 36.0 Å². The van der Waals surface area contributed by atoms with E-state index in [1.165, 1.54) is 19.3 Å². The van der Waals surface area contributed by atoms with E-state index in [0.717, 1.165) is 44.6 Å². The lowest BCUT2D eigenvalue weighted by molar-refractivity contribution is 0.101. The summed E-state index contributed by atoms with van der Waals surface area (Å²) in [6.07, 6.45) is 8.66. The van der Waals surface area contributed by atoms with E-state index < -0.39 is 6.17 Å². The first-order valence-corrected chi connectivity index (χ1v) is 10.8. The van der Waals surface area contributed by atoms with Gasteiger partial charge in [0.1, 0.15) is 12.4 Å². The number of ketones is 1. The molecule has 0 bridgehead atoms. The molecule has 0 N–H and O–H groups in total. The van der Waals surface area contributed by atoms with Crippen LogP contribution in [0.25, 0.3) is 0 Å². The van der Waals surface area contributed by atoms with E-state index in [1.807, 2.05) is 12.2 Å². The molecule has 1 aromatic rings. The molecule has 1 aromatic carbocycles. The number of halogens is 1. The fourth-order valence-corrected chi connectivity index (χ4v) is 3.78. The number of nitrogens with zero attached hydrogens (tertiary/aromatic N) is 2. The average Bonchev–Trinajstić information content (AvgIpc) is 2.89. The normalized spacial score (nSPS) is 24.0. The number of rotatable bonds is 8. The Labute approximate surface area is 183 Å². The molecule has 0 aromatic heterocycles. The lowest BCUT2D eigenvalue weighted by Gasteiger charge is -2.31. The number of hydrogen-bond acceptors (Lipinski definition) is 6. The van der Waals surface area contributed by atoms with Crippen molar-refractivity contribution in [1.29, 1.82) is 0 Å². The van der Waals surface area contributed by atoms with E-state index in [-0.39, 0.29) is 5.78 Å². The van der Waals surface area contributed by atoms with Crippen molar-refractivity contribution < 1.29 is 23.5 Å². The number of oxime groups is 1. The second-order valence-corrected chi connectivity index (χ2v) is 7.84. The monoisotopic (exact) mass is 430 g/mol. The fraction of sp³-hybridized carbons (Fsp3) is 0.500. The van der Waals surface area contributed by atoms with Gasteiger partial charge in [-0.05, 0) is 69.6 Å². The van der Waals surface area contributed by atoms with Crippen molar-refractivity contribution in [2.45, 2.75) is 38.8 Å². The SMILES string of the molecule is COc1cc(C(C)=O)ccc1OCCCN1CCC(C2=N/O/C=C/C(F)C\C=C\2)CC1. The van der Waals surface area contributed by atoms with Gasteiger partial charge in [0.05, 0.1) is 19.4 Å². The second kappa shape index (κ2) is 11.6. The maximum atomic E-state index is 13.5. The van der Waals surface area contributed by atoms with Crippen molar-refractivity contribution in [1.82, 2.24) is 4.90 Å². The Hall–Kier alpha value is -2.67. The van der Waals surface area contributed by atoms with Crippen molar-refractivity contribution in [2.24, 2.45) is 11.1 Å². The molecule has 0 saturated carbocycles. The summed E-state index contributed by atoms with van der Waals surface area (Å²) < 4.78 is 24.7. The molecule has 0 aliphatic carbocycles.